The normalized spacial score (nSPS) is 21.6. The summed E-state index contributed by atoms with van der Waals surface area (Å²) < 4.78 is 35.3. The Bertz CT molecular complexity index is 1180. The van der Waals surface area contributed by atoms with Crippen molar-refractivity contribution in [3.63, 3.8) is 0 Å². The molecule has 2 unspecified atom stereocenters. The zero-order chi connectivity index (χ0) is 25.2. The Morgan fingerprint density at radius 3 is 2.44 bits per heavy atom. The number of imidazole rings is 1. The molecule has 4 heterocycles. The Morgan fingerprint density at radius 1 is 0.972 bits per heavy atom. The van der Waals surface area contributed by atoms with Gasteiger partial charge in [-0.3, -0.25) is 9.47 Å². The van der Waals surface area contributed by atoms with Crippen LogP contribution in [0.4, 0.5) is 20.7 Å². The van der Waals surface area contributed by atoms with E-state index in [1.807, 2.05) is 13.8 Å². The van der Waals surface area contributed by atoms with E-state index < -0.39 is 12.2 Å². The number of hydrogen-bond acceptors (Lipinski definition) is 9. The summed E-state index contributed by atoms with van der Waals surface area (Å²) in [7, 11) is 0. The molecular formula is C24H32F2N8O2. The number of fused-ring (bicyclic) bond motifs is 1. The van der Waals surface area contributed by atoms with Crippen molar-refractivity contribution < 1.29 is 18.6 Å². The van der Waals surface area contributed by atoms with Crippen LogP contribution in [0.2, 0.25) is 0 Å². The van der Waals surface area contributed by atoms with E-state index >= 15 is 0 Å². The zero-order valence-electron chi connectivity index (χ0n) is 20.6. The third kappa shape index (κ3) is 4.84. The van der Waals surface area contributed by atoms with Crippen LogP contribution in [-0.4, -0.2) is 99.1 Å². The van der Waals surface area contributed by atoms with Gasteiger partial charge in [-0.1, -0.05) is 12.1 Å². The number of rotatable bonds is 7. The first-order chi connectivity index (χ1) is 17.5. The standard InChI is InChI=1S/C24H32F2N8O2/c1-16-17(2)36-15-13-33(16)23-28-22(32-11-9-31(10-12-32)8-5-14-35)29-24(30-23)34-19-7-4-3-6-18(19)27-21(34)20(25)26/h3-4,6-7,16-17,20,35H,5,8-15H2,1-2H3. The molecule has 2 atom stereocenters. The second-order valence-corrected chi connectivity index (χ2v) is 9.25. The number of nitrogens with zero attached hydrogens (tertiary/aromatic N) is 8. The van der Waals surface area contributed by atoms with Crippen LogP contribution in [0, 0.1) is 0 Å². The Morgan fingerprint density at radius 2 is 1.69 bits per heavy atom. The molecule has 0 aliphatic carbocycles. The van der Waals surface area contributed by atoms with Crippen LogP contribution in [0.25, 0.3) is 17.0 Å². The van der Waals surface area contributed by atoms with E-state index in [0.717, 1.165) is 26.1 Å². The van der Waals surface area contributed by atoms with Gasteiger partial charge in [0, 0.05) is 45.9 Å². The highest BCUT2D eigenvalue weighted by Gasteiger charge is 2.31. The Labute approximate surface area is 208 Å². The molecule has 2 aromatic heterocycles. The summed E-state index contributed by atoms with van der Waals surface area (Å²) in [5.74, 6) is 0.643. The molecule has 0 radical (unpaired) electrons. The summed E-state index contributed by atoms with van der Waals surface area (Å²) >= 11 is 0. The number of piperazine rings is 1. The summed E-state index contributed by atoms with van der Waals surface area (Å²) in [6.45, 7) is 9.16. The lowest BCUT2D eigenvalue weighted by Crippen LogP contribution is -2.50. The molecule has 0 amide bonds. The summed E-state index contributed by atoms with van der Waals surface area (Å²) in [6.07, 6.45) is -2.08. The number of aliphatic hydroxyl groups excluding tert-OH is 1. The molecule has 12 heteroatoms. The fourth-order valence-electron chi connectivity index (χ4n) is 4.80. The largest absolute Gasteiger partial charge is 0.396 e. The number of benzene rings is 1. The molecule has 0 saturated carbocycles. The second kappa shape index (κ2) is 10.6. The van der Waals surface area contributed by atoms with E-state index in [-0.39, 0.29) is 24.7 Å². The molecule has 1 N–H and O–H groups in total. The van der Waals surface area contributed by atoms with Gasteiger partial charge >= 0.3 is 0 Å². The number of alkyl halides is 2. The van der Waals surface area contributed by atoms with E-state index in [2.05, 4.69) is 19.7 Å². The van der Waals surface area contributed by atoms with E-state index in [1.165, 1.54) is 4.57 Å². The number of hydrogen-bond donors (Lipinski definition) is 1. The number of halogens is 2. The zero-order valence-corrected chi connectivity index (χ0v) is 20.6. The average Bonchev–Trinajstić information content (AvgIpc) is 3.29. The summed E-state index contributed by atoms with van der Waals surface area (Å²) in [5, 5.41) is 9.14. The van der Waals surface area contributed by atoms with Crippen molar-refractivity contribution in [2.24, 2.45) is 0 Å². The number of ether oxygens (including phenoxy) is 1. The maximum Gasteiger partial charge on any atom is 0.296 e. The minimum absolute atomic E-state index is 0.00581. The van der Waals surface area contributed by atoms with Crippen LogP contribution < -0.4 is 9.80 Å². The third-order valence-corrected chi connectivity index (χ3v) is 7.01. The summed E-state index contributed by atoms with van der Waals surface area (Å²) in [4.78, 5) is 24.8. The van der Waals surface area contributed by atoms with E-state index in [4.69, 9.17) is 24.8 Å². The minimum Gasteiger partial charge on any atom is -0.396 e. The van der Waals surface area contributed by atoms with Gasteiger partial charge in [-0.25, -0.2) is 13.8 Å². The van der Waals surface area contributed by atoms with Gasteiger partial charge in [0.15, 0.2) is 5.82 Å². The third-order valence-electron chi connectivity index (χ3n) is 7.01. The predicted molar refractivity (Wildman–Crippen MR) is 132 cm³/mol. The average molecular weight is 503 g/mol. The van der Waals surface area contributed by atoms with Gasteiger partial charge in [0.05, 0.1) is 29.8 Å². The smallest absolute Gasteiger partial charge is 0.296 e. The van der Waals surface area contributed by atoms with Crippen molar-refractivity contribution in [2.45, 2.75) is 38.8 Å². The lowest BCUT2D eigenvalue weighted by Gasteiger charge is -2.38. The van der Waals surface area contributed by atoms with Crippen molar-refractivity contribution in [1.82, 2.24) is 29.4 Å². The van der Waals surface area contributed by atoms with E-state index in [0.29, 0.717) is 49.2 Å². The highest BCUT2D eigenvalue weighted by Crippen LogP contribution is 2.29. The van der Waals surface area contributed by atoms with E-state index in [9.17, 15) is 8.78 Å². The van der Waals surface area contributed by atoms with Crippen LogP contribution in [0.15, 0.2) is 24.3 Å². The SMILES string of the molecule is CC1OCCN(c2nc(N3CCN(CCCO)CC3)nc(-n3c(C(F)F)nc4ccccc43)n2)C1C. The van der Waals surface area contributed by atoms with Crippen LogP contribution in [-0.2, 0) is 4.74 Å². The quantitative estimate of drug-likeness (QED) is 0.522. The molecule has 2 fully saturated rings. The summed E-state index contributed by atoms with van der Waals surface area (Å²) in [6, 6.07) is 7.02. The Balaban J connectivity index is 1.57. The molecule has 194 valence electrons. The molecule has 2 aliphatic heterocycles. The first-order valence-electron chi connectivity index (χ1n) is 12.4. The fraction of sp³-hybridized carbons (Fsp3) is 0.583. The number of morpholine rings is 1. The molecule has 2 saturated heterocycles. The van der Waals surface area contributed by atoms with Crippen molar-refractivity contribution >= 4 is 22.9 Å². The lowest BCUT2D eigenvalue weighted by molar-refractivity contribution is 0.0277. The second-order valence-electron chi connectivity index (χ2n) is 9.25. The Hall–Kier alpha value is -2.96. The van der Waals surface area contributed by atoms with Crippen molar-refractivity contribution in [1.29, 1.82) is 0 Å². The molecule has 0 spiro atoms. The first-order valence-corrected chi connectivity index (χ1v) is 12.4. The number of aliphatic hydroxyl groups is 1. The molecule has 1 aromatic carbocycles. The van der Waals surface area contributed by atoms with Crippen LogP contribution >= 0.6 is 0 Å². The summed E-state index contributed by atoms with van der Waals surface area (Å²) in [5.41, 5.74) is 0.982. The highest BCUT2D eigenvalue weighted by molar-refractivity contribution is 5.77. The molecule has 5 rings (SSSR count). The van der Waals surface area contributed by atoms with Gasteiger partial charge in [0.1, 0.15) is 0 Å². The molecule has 36 heavy (non-hydrogen) atoms. The fourth-order valence-corrected chi connectivity index (χ4v) is 4.80. The van der Waals surface area contributed by atoms with Gasteiger partial charge in [0.25, 0.3) is 6.43 Å². The van der Waals surface area contributed by atoms with Gasteiger partial charge in [-0.15, -0.1) is 0 Å². The minimum atomic E-state index is -2.79. The molecule has 3 aromatic rings. The predicted octanol–water partition coefficient (Wildman–Crippen LogP) is 2.27. The first kappa shape index (κ1) is 24.7. The van der Waals surface area contributed by atoms with Crippen LogP contribution in [0.3, 0.4) is 0 Å². The van der Waals surface area contributed by atoms with Gasteiger partial charge in [-0.2, -0.15) is 15.0 Å². The van der Waals surface area contributed by atoms with Crippen molar-refractivity contribution in [2.75, 3.05) is 62.3 Å². The van der Waals surface area contributed by atoms with Gasteiger partial charge in [-0.05, 0) is 32.4 Å². The number of aromatic nitrogens is 5. The molecule has 2 aliphatic rings. The van der Waals surface area contributed by atoms with Crippen molar-refractivity contribution in [3.05, 3.63) is 30.1 Å². The molecule has 0 bridgehead atoms. The van der Waals surface area contributed by atoms with Gasteiger partial charge < -0.3 is 19.6 Å². The maximum absolute atomic E-state index is 14.1. The Kier molecular flexibility index (Phi) is 7.26. The monoisotopic (exact) mass is 502 g/mol. The van der Waals surface area contributed by atoms with Gasteiger partial charge in [0.2, 0.25) is 17.8 Å². The topological polar surface area (TPSA) is 95.7 Å². The van der Waals surface area contributed by atoms with Crippen molar-refractivity contribution in [3.8, 4) is 5.95 Å². The maximum atomic E-state index is 14.1. The lowest BCUT2D eigenvalue weighted by atomic mass is 10.1. The molecular weight excluding hydrogens is 470 g/mol. The van der Waals surface area contributed by atoms with Crippen LogP contribution in [0.5, 0.6) is 0 Å². The van der Waals surface area contributed by atoms with Crippen LogP contribution in [0.1, 0.15) is 32.5 Å². The number of anilines is 2. The molecule has 10 nitrogen and oxygen atoms in total. The number of para-hydroxylation sites is 2. The highest BCUT2D eigenvalue weighted by atomic mass is 19.3. The van der Waals surface area contributed by atoms with E-state index in [1.54, 1.807) is 24.3 Å².